The molecule has 0 bridgehead atoms. The van der Waals surface area contributed by atoms with E-state index in [1.807, 2.05) is 85.9 Å². The van der Waals surface area contributed by atoms with E-state index < -0.39 is 38.3 Å². The van der Waals surface area contributed by atoms with Crippen LogP contribution in [-0.4, -0.2) is 72.4 Å². The first-order valence-electron chi connectivity index (χ1n) is 18.9. The van der Waals surface area contributed by atoms with E-state index >= 15 is 0 Å². The number of hydrogen-bond donors (Lipinski definition) is 1. The number of nitriles is 1. The van der Waals surface area contributed by atoms with Crippen molar-refractivity contribution < 1.29 is 32.8 Å². The monoisotopic (exact) mass is 781 g/mol. The van der Waals surface area contributed by atoms with Gasteiger partial charge in [-0.1, -0.05) is 74.9 Å². The summed E-state index contributed by atoms with van der Waals surface area (Å²) in [6, 6.07) is 29.7. The summed E-state index contributed by atoms with van der Waals surface area (Å²) in [4.78, 5) is 30.0. The highest BCUT2D eigenvalue weighted by molar-refractivity contribution is 7.44. The van der Waals surface area contributed by atoms with Gasteiger partial charge in [-0.15, -0.1) is 0 Å². The molecule has 1 aromatic heterocycles. The van der Waals surface area contributed by atoms with Gasteiger partial charge in [0.05, 0.1) is 45.0 Å². The molecule has 13 nitrogen and oxygen atoms in total. The maximum atomic E-state index is 13.5. The lowest BCUT2D eigenvalue weighted by Gasteiger charge is -2.37. The molecule has 4 aromatic rings. The maximum Gasteiger partial charge on any atom is 0.351 e. The van der Waals surface area contributed by atoms with Gasteiger partial charge in [-0.3, -0.25) is 9.36 Å². The molecule has 1 unspecified atom stereocenters. The fourth-order valence-corrected chi connectivity index (χ4v) is 9.51. The number of nitrogens with one attached hydrogen (secondary N) is 1. The number of benzene rings is 3. The maximum absolute atomic E-state index is 13.5. The third-order valence-corrected chi connectivity index (χ3v) is 12.6. The van der Waals surface area contributed by atoms with E-state index in [0.29, 0.717) is 17.9 Å². The van der Waals surface area contributed by atoms with E-state index in [9.17, 15) is 14.9 Å². The molecule has 1 amide bonds. The van der Waals surface area contributed by atoms with Crippen LogP contribution in [0.3, 0.4) is 0 Å². The van der Waals surface area contributed by atoms with Gasteiger partial charge in [-0.25, -0.2) is 9.46 Å². The van der Waals surface area contributed by atoms with E-state index in [1.165, 1.54) is 4.57 Å². The summed E-state index contributed by atoms with van der Waals surface area (Å²) < 4.78 is 41.9. The van der Waals surface area contributed by atoms with Crippen LogP contribution in [0, 0.1) is 23.2 Å². The first-order chi connectivity index (χ1) is 27.1. The number of nitrogens with zero attached hydrogens (tertiary/aromatic N) is 4. The van der Waals surface area contributed by atoms with Crippen LogP contribution in [0.25, 0.3) is 0 Å². The second-order valence-electron chi connectivity index (χ2n) is 14.6. The minimum Gasteiger partial charge on any atom is -0.497 e. The summed E-state index contributed by atoms with van der Waals surface area (Å²) in [6.07, 6.45) is 2.30. The topological polar surface area (TPSA) is 146 Å². The molecule has 2 saturated heterocycles. The number of anilines is 1. The number of amides is 1. The predicted octanol–water partition coefficient (Wildman–Crippen LogP) is 6.79. The highest BCUT2D eigenvalue weighted by Gasteiger charge is 2.51. The van der Waals surface area contributed by atoms with Crippen LogP contribution in [0.15, 0.2) is 95.9 Å². The zero-order valence-electron chi connectivity index (χ0n) is 32.2. The third kappa shape index (κ3) is 7.96. The van der Waals surface area contributed by atoms with Gasteiger partial charge in [-0.05, 0) is 66.9 Å². The highest BCUT2D eigenvalue weighted by Crippen LogP contribution is 2.57. The second kappa shape index (κ2) is 17.2. The molecule has 56 heavy (non-hydrogen) atoms. The number of aromatic nitrogens is 2. The van der Waals surface area contributed by atoms with Crippen LogP contribution < -0.4 is 20.5 Å². The number of rotatable bonds is 13. The molecule has 3 aromatic carbocycles. The van der Waals surface area contributed by atoms with Gasteiger partial charge < -0.3 is 33.3 Å². The Morgan fingerprint density at radius 3 is 2.21 bits per heavy atom. The lowest BCUT2D eigenvalue weighted by Crippen LogP contribution is -2.39. The predicted molar refractivity (Wildman–Crippen MR) is 210 cm³/mol. The van der Waals surface area contributed by atoms with E-state index in [4.69, 9.17) is 28.0 Å². The molecule has 1 N–H and O–H groups in total. The molecule has 7 atom stereocenters. The van der Waals surface area contributed by atoms with Crippen molar-refractivity contribution in [2.45, 2.75) is 75.7 Å². The molecule has 2 aliphatic heterocycles. The van der Waals surface area contributed by atoms with E-state index in [-0.39, 0.29) is 42.3 Å². The number of hydrogen-bond acceptors (Lipinski definition) is 11. The van der Waals surface area contributed by atoms with Crippen molar-refractivity contribution in [1.29, 1.82) is 5.26 Å². The summed E-state index contributed by atoms with van der Waals surface area (Å²) in [5, 5.41) is 12.6. The summed E-state index contributed by atoms with van der Waals surface area (Å²) >= 11 is 0. The Balaban J connectivity index is 1.24. The largest absolute Gasteiger partial charge is 0.497 e. The quantitative estimate of drug-likeness (QED) is 0.113. The summed E-state index contributed by atoms with van der Waals surface area (Å²) in [5.41, 5.74) is 0.903. The second-order valence-corrected chi connectivity index (χ2v) is 16.1. The molecule has 0 radical (unpaired) electrons. The first-order valence-corrected chi connectivity index (χ1v) is 20.1. The number of likely N-dealkylation sites (N-methyl/N-ethyl adjacent to an activating group) is 1. The first kappa shape index (κ1) is 39.6. The number of methoxy groups -OCH3 is 2. The smallest absolute Gasteiger partial charge is 0.351 e. The van der Waals surface area contributed by atoms with Crippen molar-refractivity contribution in [2.24, 2.45) is 11.8 Å². The standard InChI is InChI=1S/C42H48N5O8P/c1-27(2)40(48)44-37-22-23-47(41(49)45-37)38-24-35(54-56-46(3)34-13-9-10-28(25-43)39(34)55-56)36(53-38)26-52-42(29-11-7-6-8-12-29,30-14-18-32(50-4)19-15-30)31-16-20-33(51-5)21-17-31/h6-8,11-12,14-23,27-28,34-36,38-39H,9-10,13,24,26H2,1-5H3,(H,44,45,48,49)/t28-,34+,35+,36-,38-,39+,56?/m1/s1. The van der Waals surface area contributed by atoms with Crippen molar-refractivity contribution in [3.63, 3.8) is 0 Å². The lowest BCUT2D eigenvalue weighted by molar-refractivity contribution is -0.118. The zero-order chi connectivity index (χ0) is 39.4. The highest BCUT2D eigenvalue weighted by atomic mass is 31.2. The Labute approximate surface area is 328 Å². The Bertz CT molecular complexity index is 2010. The fraction of sp³-hybridized carbons (Fsp3) is 0.429. The molecule has 1 aliphatic carbocycles. The van der Waals surface area contributed by atoms with Gasteiger partial charge in [-0.2, -0.15) is 10.2 Å². The SMILES string of the molecule is COc1ccc(C(OC[C@H]2O[C@@H](n3ccc(NC(=O)C(C)C)nc3=O)C[C@@H]2OP2O[C@H]3[C@@H](C#N)CCC[C@@H]3N2C)(c2ccccc2)c2ccc(OC)cc2)cc1. The zero-order valence-corrected chi connectivity index (χ0v) is 33.1. The number of ether oxygens (including phenoxy) is 4. The molecular formula is C42H48N5O8P. The molecule has 14 heteroatoms. The van der Waals surface area contributed by atoms with E-state index in [2.05, 4.69) is 21.0 Å². The molecule has 3 aliphatic rings. The molecular weight excluding hydrogens is 733 g/mol. The van der Waals surface area contributed by atoms with Gasteiger partial charge in [0.2, 0.25) is 5.91 Å². The Kier molecular flexibility index (Phi) is 12.2. The van der Waals surface area contributed by atoms with Crippen LogP contribution in [0.1, 0.15) is 62.4 Å². The fourth-order valence-electron chi connectivity index (χ4n) is 7.73. The van der Waals surface area contributed by atoms with E-state index in [1.54, 1.807) is 40.3 Å². The molecule has 3 heterocycles. The Morgan fingerprint density at radius 2 is 1.62 bits per heavy atom. The van der Waals surface area contributed by atoms with Crippen LogP contribution in [0.2, 0.25) is 0 Å². The van der Waals surface area contributed by atoms with Crippen molar-refractivity contribution in [3.05, 3.63) is 118 Å². The normalized spacial score (nSPS) is 25.1. The van der Waals surface area contributed by atoms with Crippen LogP contribution in [0.5, 0.6) is 11.5 Å². The minimum absolute atomic E-state index is 0.0550. The Morgan fingerprint density at radius 1 is 0.982 bits per heavy atom. The number of carbonyl (C=O) groups is 1. The average molecular weight is 782 g/mol. The average Bonchev–Trinajstić information content (AvgIpc) is 3.78. The van der Waals surface area contributed by atoms with Gasteiger partial charge in [0.15, 0.2) is 0 Å². The van der Waals surface area contributed by atoms with Crippen LogP contribution in [-0.2, 0) is 28.9 Å². The minimum atomic E-state index is -1.56. The molecule has 3 fully saturated rings. The van der Waals surface area contributed by atoms with Crippen molar-refractivity contribution in [2.75, 3.05) is 33.2 Å². The van der Waals surface area contributed by atoms with Gasteiger partial charge >= 0.3 is 5.69 Å². The van der Waals surface area contributed by atoms with Crippen molar-refractivity contribution in [3.8, 4) is 17.6 Å². The molecule has 294 valence electrons. The van der Waals surface area contributed by atoms with Crippen LogP contribution >= 0.6 is 8.53 Å². The third-order valence-electron chi connectivity index (χ3n) is 10.9. The number of fused-ring (bicyclic) bond motifs is 1. The molecule has 0 spiro atoms. The van der Waals surface area contributed by atoms with E-state index in [0.717, 1.165) is 36.0 Å². The summed E-state index contributed by atoms with van der Waals surface area (Å²) in [7, 11) is 3.69. The van der Waals surface area contributed by atoms with Crippen LogP contribution in [0.4, 0.5) is 5.82 Å². The van der Waals surface area contributed by atoms with Crippen molar-refractivity contribution >= 4 is 20.3 Å². The van der Waals surface area contributed by atoms with Gasteiger partial charge in [0.1, 0.15) is 35.2 Å². The van der Waals surface area contributed by atoms with Crippen molar-refractivity contribution in [1.82, 2.24) is 14.2 Å². The summed E-state index contributed by atoms with van der Waals surface area (Å²) in [5.74, 6) is 0.851. The van der Waals surface area contributed by atoms with Gasteiger partial charge in [0.25, 0.3) is 8.53 Å². The van der Waals surface area contributed by atoms with Gasteiger partial charge in [0, 0.05) is 24.6 Å². The molecule has 1 saturated carbocycles. The lowest BCUT2D eigenvalue weighted by atomic mass is 9.80. The molecule has 7 rings (SSSR count). The summed E-state index contributed by atoms with van der Waals surface area (Å²) in [6.45, 7) is 3.59. The number of carbonyl (C=O) groups excluding carboxylic acids is 1. The Hall–Kier alpha value is -4.67.